The minimum Gasteiger partial charge on any atom is -0.324 e. The third kappa shape index (κ3) is 2.44. The van der Waals surface area contributed by atoms with Crippen LogP contribution in [0.25, 0.3) is 0 Å². The number of aromatic nitrogens is 2. The molecular weight excluding hydrogens is 186 g/mol. The highest BCUT2D eigenvalue weighted by atomic mass is 15.2. The SMILES string of the molecule is Cn1ccc(CC(N)c2ccccc2)n1. The van der Waals surface area contributed by atoms with Crippen molar-refractivity contribution in [3.63, 3.8) is 0 Å². The van der Waals surface area contributed by atoms with Gasteiger partial charge in [-0.3, -0.25) is 4.68 Å². The molecule has 0 fully saturated rings. The van der Waals surface area contributed by atoms with E-state index in [2.05, 4.69) is 5.10 Å². The Hall–Kier alpha value is -1.61. The van der Waals surface area contributed by atoms with Crippen molar-refractivity contribution in [2.24, 2.45) is 12.8 Å². The van der Waals surface area contributed by atoms with Crippen molar-refractivity contribution >= 4 is 0 Å². The van der Waals surface area contributed by atoms with Gasteiger partial charge in [-0.15, -0.1) is 0 Å². The molecule has 2 rings (SSSR count). The molecule has 78 valence electrons. The Balaban J connectivity index is 2.07. The van der Waals surface area contributed by atoms with Crippen molar-refractivity contribution in [3.8, 4) is 0 Å². The number of nitrogens with two attached hydrogens (primary N) is 1. The summed E-state index contributed by atoms with van der Waals surface area (Å²) in [6.07, 6.45) is 2.72. The minimum atomic E-state index is 0.0288. The van der Waals surface area contributed by atoms with Gasteiger partial charge in [-0.2, -0.15) is 5.10 Å². The normalized spacial score (nSPS) is 12.7. The first kappa shape index (κ1) is 9.93. The predicted molar refractivity (Wildman–Crippen MR) is 60.3 cm³/mol. The van der Waals surface area contributed by atoms with Crippen LogP contribution in [-0.2, 0) is 13.5 Å². The topological polar surface area (TPSA) is 43.8 Å². The maximum absolute atomic E-state index is 6.09. The summed E-state index contributed by atoms with van der Waals surface area (Å²) >= 11 is 0. The summed E-state index contributed by atoms with van der Waals surface area (Å²) in [4.78, 5) is 0. The Bertz CT molecular complexity index is 419. The number of benzene rings is 1. The van der Waals surface area contributed by atoms with Gasteiger partial charge in [0, 0.05) is 25.7 Å². The fourth-order valence-corrected chi connectivity index (χ4v) is 1.62. The van der Waals surface area contributed by atoms with Crippen molar-refractivity contribution in [3.05, 3.63) is 53.9 Å². The van der Waals surface area contributed by atoms with E-state index < -0.39 is 0 Å². The number of hydrogen-bond acceptors (Lipinski definition) is 2. The van der Waals surface area contributed by atoms with Crippen LogP contribution >= 0.6 is 0 Å². The van der Waals surface area contributed by atoms with Crippen LogP contribution in [0.4, 0.5) is 0 Å². The van der Waals surface area contributed by atoms with Crippen molar-refractivity contribution < 1.29 is 0 Å². The van der Waals surface area contributed by atoms with Gasteiger partial charge in [-0.1, -0.05) is 30.3 Å². The van der Waals surface area contributed by atoms with E-state index in [1.807, 2.05) is 49.6 Å². The van der Waals surface area contributed by atoms with E-state index in [1.54, 1.807) is 4.68 Å². The second kappa shape index (κ2) is 4.28. The van der Waals surface area contributed by atoms with Gasteiger partial charge in [0.25, 0.3) is 0 Å². The maximum Gasteiger partial charge on any atom is 0.0643 e. The van der Waals surface area contributed by atoms with Crippen LogP contribution in [0.1, 0.15) is 17.3 Å². The van der Waals surface area contributed by atoms with E-state index >= 15 is 0 Å². The summed E-state index contributed by atoms with van der Waals surface area (Å²) in [6.45, 7) is 0. The molecule has 3 heteroatoms. The summed E-state index contributed by atoms with van der Waals surface area (Å²) in [5.41, 5.74) is 8.28. The molecule has 3 nitrogen and oxygen atoms in total. The summed E-state index contributed by atoms with van der Waals surface area (Å²) in [7, 11) is 1.91. The molecule has 0 bridgehead atoms. The zero-order valence-electron chi connectivity index (χ0n) is 8.80. The molecule has 0 aliphatic rings. The molecule has 1 atom stereocenters. The quantitative estimate of drug-likeness (QED) is 0.820. The molecule has 0 spiro atoms. The van der Waals surface area contributed by atoms with Crippen LogP contribution in [0.5, 0.6) is 0 Å². The minimum absolute atomic E-state index is 0.0288. The second-order valence-corrected chi connectivity index (χ2v) is 3.70. The lowest BCUT2D eigenvalue weighted by Gasteiger charge is -2.09. The van der Waals surface area contributed by atoms with E-state index in [9.17, 15) is 0 Å². The third-order valence-corrected chi connectivity index (χ3v) is 2.43. The Kier molecular flexibility index (Phi) is 2.83. The lowest BCUT2D eigenvalue weighted by atomic mass is 10.0. The van der Waals surface area contributed by atoms with Crippen LogP contribution in [0.2, 0.25) is 0 Å². The molecular formula is C12H15N3. The molecule has 2 aromatic rings. The highest BCUT2D eigenvalue weighted by Gasteiger charge is 2.07. The van der Waals surface area contributed by atoms with Gasteiger partial charge in [-0.25, -0.2) is 0 Å². The zero-order chi connectivity index (χ0) is 10.7. The van der Waals surface area contributed by atoms with Gasteiger partial charge >= 0.3 is 0 Å². The van der Waals surface area contributed by atoms with Crippen LogP contribution in [0.3, 0.4) is 0 Å². The number of rotatable bonds is 3. The van der Waals surface area contributed by atoms with E-state index in [4.69, 9.17) is 5.73 Å². The molecule has 0 amide bonds. The molecule has 1 aromatic carbocycles. The van der Waals surface area contributed by atoms with Gasteiger partial charge in [-0.05, 0) is 11.6 Å². The monoisotopic (exact) mass is 201 g/mol. The molecule has 0 aliphatic carbocycles. The van der Waals surface area contributed by atoms with Crippen LogP contribution in [-0.4, -0.2) is 9.78 Å². The standard InChI is InChI=1S/C12H15N3/c1-15-8-7-11(14-15)9-12(13)10-5-3-2-4-6-10/h2-8,12H,9,13H2,1H3. The average molecular weight is 201 g/mol. The molecule has 15 heavy (non-hydrogen) atoms. The Morgan fingerprint density at radius 3 is 2.60 bits per heavy atom. The molecule has 1 aromatic heterocycles. The molecule has 0 saturated carbocycles. The van der Waals surface area contributed by atoms with E-state index in [0.29, 0.717) is 0 Å². The molecule has 0 aliphatic heterocycles. The highest BCUT2D eigenvalue weighted by molar-refractivity contribution is 5.20. The van der Waals surface area contributed by atoms with Gasteiger partial charge in [0.1, 0.15) is 0 Å². The molecule has 2 N–H and O–H groups in total. The van der Waals surface area contributed by atoms with E-state index in [-0.39, 0.29) is 6.04 Å². The fourth-order valence-electron chi connectivity index (χ4n) is 1.62. The van der Waals surface area contributed by atoms with Gasteiger partial charge in [0.15, 0.2) is 0 Å². The van der Waals surface area contributed by atoms with E-state index in [0.717, 1.165) is 17.7 Å². The van der Waals surface area contributed by atoms with Crippen LogP contribution < -0.4 is 5.73 Å². The lowest BCUT2D eigenvalue weighted by Crippen LogP contribution is -2.13. The Morgan fingerprint density at radius 2 is 2.00 bits per heavy atom. The first-order chi connectivity index (χ1) is 7.25. The summed E-state index contributed by atoms with van der Waals surface area (Å²) in [6, 6.07) is 12.1. The van der Waals surface area contributed by atoms with Crippen molar-refractivity contribution in [1.82, 2.24) is 9.78 Å². The second-order valence-electron chi connectivity index (χ2n) is 3.70. The smallest absolute Gasteiger partial charge is 0.0643 e. The average Bonchev–Trinajstić information content (AvgIpc) is 2.65. The first-order valence-electron chi connectivity index (χ1n) is 5.05. The molecule has 0 radical (unpaired) electrons. The van der Waals surface area contributed by atoms with Crippen LogP contribution in [0, 0.1) is 0 Å². The van der Waals surface area contributed by atoms with Crippen molar-refractivity contribution in [2.75, 3.05) is 0 Å². The van der Waals surface area contributed by atoms with Crippen molar-refractivity contribution in [1.29, 1.82) is 0 Å². The zero-order valence-corrected chi connectivity index (χ0v) is 8.80. The van der Waals surface area contributed by atoms with E-state index in [1.165, 1.54) is 0 Å². The third-order valence-electron chi connectivity index (χ3n) is 2.43. The summed E-state index contributed by atoms with van der Waals surface area (Å²) in [5, 5.41) is 4.31. The highest BCUT2D eigenvalue weighted by Crippen LogP contribution is 2.14. The van der Waals surface area contributed by atoms with Crippen molar-refractivity contribution in [2.45, 2.75) is 12.5 Å². The number of nitrogens with zero attached hydrogens (tertiary/aromatic N) is 2. The van der Waals surface area contributed by atoms with Gasteiger partial charge in [0.05, 0.1) is 5.69 Å². The number of hydrogen-bond donors (Lipinski definition) is 1. The lowest BCUT2D eigenvalue weighted by molar-refractivity contribution is 0.675. The fraction of sp³-hybridized carbons (Fsp3) is 0.250. The van der Waals surface area contributed by atoms with Gasteiger partial charge < -0.3 is 5.73 Å². The largest absolute Gasteiger partial charge is 0.324 e. The molecule has 1 unspecified atom stereocenters. The van der Waals surface area contributed by atoms with Gasteiger partial charge in [0.2, 0.25) is 0 Å². The summed E-state index contributed by atoms with van der Waals surface area (Å²) < 4.78 is 1.80. The Labute approximate surface area is 89.5 Å². The Morgan fingerprint density at radius 1 is 1.27 bits per heavy atom. The maximum atomic E-state index is 6.09. The molecule has 1 heterocycles. The summed E-state index contributed by atoms with van der Waals surface area (Å²) in [5.74, 6) is 0. The predicted octanol–water partition coefficient (Wildman–Crippen LogP) is 1.66. The molecule has 0 saturated heterocycles. The number of aryl methyl sites for hydroxylation is 1. The van der Waals surface area contributed by atoms with Crippen LogP contribution in [0.15, 0.2) is 42.6 Å². The first-order valence-corrected chi connectivity index (χ1v) is 5.05.